The molecule has 0 saturated carbocycles. The Morgan fingerprint density at radius 3 is 3.00 bits per heavy atom. The largest absolute Gasteiger partial charge is 0.459 e. The Balaban J connectivity index is 1.67. The van der Waals surface area contributed by atoms with Crippen LogP contribution in [0.15, 0.2) is 47.1 Å². The van der Waals surface area contributed by atoms with Gasteiger partial charge in [-0.15, -0.1) is 0 Å². The number of pyridine rings is 1. The molecule has 0 radical (unpaired) electrons. The van der Waals surface area contributed by atoms with Crippen LogP contribution in [0.1, 0.15) is 29.6 Å². The van der Waals surface area contributed by atoms with Gasteiger partial charge in [0.1, 0.15) is 17.9 Å². The Morgan fingerprint density at radius 1 is 1.29 bits per heavy atom. The normalized spacial score (nSPS) is 17.3. The predicted molar refractivity (Wildman–Crippen MR) is 92.3 cm³/mol. The SMILES string of the molecule is O=C(OCC1CCCCO1)c1cccnc1Oc1cccc(Br)c1. The fourth-order valence-corrected chi connectivity index (χ4v) is 2.83. The first-order valence-corrected chi connectivity index (χ1v) is 8.69. The van der Waals surface area contributed by atoms with Gasteiger partial charge in [0.2, 0.25) is 5.88 Å². The molecule has 24 heavy (non-hydrogen) atoms. The van der Waals surface area contributed by atoms with Gasteiger partial charge < -0.3 is 14.2 Å². The van der Waals surface area contributed by atoms with Crippen LogP contribution in [-0.2, 0) is 9.47 Å². The smallest absolute Gasteiger partial charge is 0.343 e. The maximum Gasteiger partial charge on any atom is 0.343 e. The van der Waals surface area contributed by atoms with E-state index in [2.05, 4.69) is 20.9 Å². The average molecular weight is 392 g/mol. The Bertz CT molecular complexity index is 701. The molecule has 1 aromatic carbocycles. The van der Waals surface area contributed by atoms with Gasteiger partial charge in [0.05, 0.1) is 6.10 Å². The first-order chi connectivity index (χ1) is 11.7. The van der Waals surface area contributed by atoms with E-state index in [0.717, 1.165) is 30.3 Å². The monoisotopic (exact) mass is 391 g/mol. The van der Waals surface area contributed by atoms with Crippen molar-refractivity contribution in [3.05, 3.63) is 52.6 Å². The van der Waals surface area contributed by atoms with E-state index in [0.29, 0.717) is 11.3 Å². The summed E-state index contributed by atoms with van der Waals surface area (Å²) in [5.41, 5.74) is 0.299. The molecule has 5 nitrogen and oxygen atoms in total. The van der Waals surface area contributed by atoms with Crippen LogP contribution in [0.25, 0.3) is 0 Å². The van der Waals surface area contributed by atoms with Crippen molar-refractivity contribution < 1.29 is 19.0 Å². The lowest BCUT2D eigenvalue weighted by atomic mass is 10.1. The maximum atomic E-state index is 12.4. The van der Waals surface area contributed by atoms with Gasteiger partial charge in [0.25, 0.3) is 0 Å². The zero-order chi connectivity index (χ0) is 16.8. The first kappa shape index (κ1) is 16.9. The van der Waals surface area contributed by atoms with Crippen molar-refractivity contribution in [2.24, 2.45) is 0 Å². The highest BCUT2D eigenvalue weighted by atomic mass is 79.9. The minimum absolute atomic E-state index is 0.0196. The molecule has 0 spiro atoms. The average Bonchev–Trinajstić information content (AvgIpc) is 2.61. The summed E-state index contributed by atoms with van der Waals surface area (Å²) in [4.78, 5) is 16.5. The van der Waals surface area contributed by atoms with Gasteiger partial charge in [-0.1, -0.05) is 22.0 Å². The summed E-state index contributed by atoms with van der Waals surface area (Å²) in [5.74, 6) is 0.361. The molecule has 3 rings (SSSR count). The van der Waals surface area contributed by atoms with Gasteiger partial charge >= 0.3 is 5.97 Å². The first-order valence-electron chi connectivity index (χ1n) is 7.89. The molecule has 2 aromatic rings. The fraction of sp³-hybridized carbons (Fsp3) is 0.333. The third-order valence-corrected chi connectivity index (χ3v) is 4.17. The van der Waals surface area contributed by atoms with Crippen LogP contribution in [-0.4, -0.2) is 30.3 Å². The van der Waals surface area contributed by atoms with E-state index in [4.69, 9.17) is 14.2 Å². The molecule has 126 valence electrons. The Labute approximate surface area is 149 Å². The quantitative estimate of drug-likeness (QED) is 0.708. The highest BCUT2D eigenvalue weighted by molar-refractivity contribution is 9.10. The highest BCUT2D eigenvalue weighted by Crippen LogP contribution is 2.26. The molecule has 0 amide bonds. The molecule has 6 heteroatoms. The summed E-state index contributed by atoms with van der Waals surface area (Å²) in [6, 6.07) is 10.7. The van der Waals surface area contributed by atoms with E-state index in [1.54, 1.807) is 30.5 Å². The predicted octanol–water partition coefficient (Wildman–Crippen LogP) is 4.36. The molecule has 0 bridgehead atoms. The number of hydrogen-bond donors (Lipinski definition) is 0. The van der Waals surface area contributed by atoms with Gasteiger partial charge in [-0.2, -0.15) is 0 Å². The van der Waals surface area contributed by atoms with Gasteiger partial charge in [-0.3, -0.25) is 0 Å². The number of benzene rings is 1. The number of hydrogen-bond acceptors (Lipinski definition) is 5. The van der Waals surface area contributed by atoms with Crippen molar-refractivity contribution in [1.82, 2.24) is 4.98 Å². The molecule has 0 aliphatic carbocycles. The minimum Gasteiger partial charge on any atom is -0.459 e. The van der Waals surface area contributed by atoms with Crippen LogP contribution < -0.4 is 4.74 Å². The molecular formula is C18H18BrNO4. The molecule has 1 saturated heterocycles. The molecule has 1 aliphatic rings. The van der Waals surface area contributed by atoms with Crippen LogP contribution >= 0.6 is 15.9 Å². The molecule has 1 fully saturated rings. The number of carbonyl (C=O) groups is 1. The highest BCUT2D eigenvalue weighted by Gasteiger charge is 2.20. The lowest BCUT2D eigenvalue weighted by molar-refractivity contribution is -0.0301. The third kappa shape index (κ3) is 4.55. The Hall–Kier alpha value is -1.92. The van der Waals surface area contributed by atoms with E-state index in [1.807, 2.05) is 12.1 Å². The molecule has 1 unspecified atom stereocenters. The maximum absolute atomic E-state index is 12.4. The number of carbonyl (C=O) groups excluding carboxylic acids is 1. The van der Waals surface area contributed by atoms with Crippen LogP contribution in [0.4, 0.5) is 0 Å². The zero-order valence-electron chi connectivity index (χ0n) is 13.1. The summed E-state index contributed by atoms with van der Waals surface area (Å²) >= 11 is 3.39. The number of rotatable bonds is 5. The number of esters is 1. The summed E-state index contributed by atoms with van der Waals surface area (Å²) in [6.45, 7) is 0.983. The van der Waals surface area contributed by atoms with Crippen molar-refractivity contribution in [3.63, 3.8) is 0 Å². The summed E-state index contributed by atoms with van der Waals surface area (Å²) in [7, 11) is 0. The van der Waals surface area contributed by atoms with Crippen molar-refractivity contribution in [2.75, 3.05) is 13.2 Å². The molecule has 0 N–H and O–H groups in total. The molecule has 1 aliphatic heterocycles. The van der Waals surface area contributed by atoms with E-state index >= 15 is 0 Å². The topological polar surface area (TPSA) is 57.7 Å². The molecule has 1 aromatic heterocycles. The standard InChI is InChI=1S/C18H18BrNO4/c19-13-5-3-7-14(11-13)24-17-16(8-4-9-20-17)18(21)23-12-15-6-1-2-10-22-15/h3-5,7-9,11,15H,1-2,6,10,12H2. The number of halogens is 1. The second-order valence-corrected chi connectivity index (χ2v) is 6.42. The Morgan fingerprint density at radius 2 is 2.21 bits per heavy atom. The van der Waals surface area contributed by atoms with Crippen LogP contribution in [0.3, 0.4) is 0 Å². The summed E-state index contributed by atoms with van der Waals surface area (Å²) < 4.78 is 17.6. The van der Waals surface area contributed by atoms with E-state index in [-0.39, 0.29) is 18.6 Å². The van der Waals surface area contributed by atoms with Crippen LogP contribution in [0.5, 0.6) is 11.6 Å². The lowest BCUT2D eigenvalue weighted by Crippen LogP contribution is -2.26. The van der Waals surface area contributed by atoms with Crippen molar-refractivity contribution in [2.45, 2.75) is 25.4 Å². The number of ether oxygens (including phenoxy) is 3. The number of nitrogens with zero attached hydrogens (tertiary/aromatic N) is 1. The second kappa shape index (κ2) is 8.26. The molecule has 2 heterocycles. The van der Waals surface area contributed by atoms with Crippen molar-refractivity contribution in [1.29, 1.82) is 0 Å². The van der Waals surface area contributed by atoms with Gasteiger partial charge in [0.15, 0.2) is 0 Å². The molecule has 1 atom stereocenters. The lowest BCUT2D eigenvalue weighted by Gasteiger charge is -2.22. The summed E-state index contributed by atoms with van der Waals surface area (Å²) in [5, 5.41) is 0. The third-order valence-electron chi connectivity index (χ3n) is 3.68. The van der Waals surface area contributed by atoms with Gasteiger partial charge in [-0.25, -0.2) is 9.78 Å². The number of aromatic nitrogens is 1. The zero-order valence-corrected chi connectivity index (χ0v) is 14.7. The van der Waals surface area contributed by atoms with E-state index in [9.17, 15) is 4.79 Å². The fourth-order valence-electron chi connectivity index (χ4n) is 2.45. The Kier molecular flexibility index (Phi) is 5.82. The van der Waals surface area contributed by atoms with Gasteiger partial charge in [0, 0.05) is 17.3 Å². The van der Waals surface area contributed by atoms with E-state index < -0.39 is 5.97 Å². The van der Waals surface area contributed by atoms with E-state index in [1.165, 1.54) is 0 Å². The van der Waals surface area contributed by atoms with Crippen LogP contribution in [0, 0.1) is 0 Å². The molecular weight excluding hydrogens is 374 g/mol. The summed E-state index contributed by atoms with van der Waals surface area (Å²) in [6.07, 6.45) is 4.65. The van der Waals surface area contributed by atoms with Crippen molar-refractivity contribution >= 4 is 21.9 Å². The minimum atomic E-state index is -0.456. The van der Waals surface area contributed by atoms with Crippen molar-refractivity contribution in [3.8, 4) is 11.6 Å². The second-order valence-electron chi connectivity index (χ2n) is 5.50. The van der Waals surface area contributed by atoms with Crippen LogP contribution in [0.2, 0.25) is 0 Å². The van der Waals surface area contributed by atoms with Gasteiger partial charge in [-0.05, 0) is 49.6 Å².